The zero-order chi connectivity index (χ0) is 15.2. The number of benzene rings is 1. The van der Waals surface area contributed by atoms with Gasteiger partial charge in [0.25, 0.3) is 0 Å². The lowest BCUT2D eigenvalue weighted by molar-refractivity contribution is -0.117. The van der Waals surface area contributed by atoms with E-state index in [2.05, 4.69) is 44.7 Å². The van der Waals surface area contributed by atoms with Crippen LogP contribution in [0.4, 0.5) is 5.13 Å². The molecule has 0 saturated carbocycles. The maximum absolute atomic E-state index is 11.9. The van der Waals surface area contributed by atoms with Gasteiger partial charge in [0.2, 0.25) is 11.0 Å². The van der Waals surface area contributed by atoms with Gasteiger partial charge in [0.1, 0.15) is 5.51 Å². The minimum atomic E-state index is -0.00638. The summed E-state index contributed by atoms with van der Waals surface area (Å²) in [5, 5.41) is 10.9. The first kappa shape index (κ1) is 15.5. The Labute approximate surface area is 138 Å². The summed E-state index contributed by atoms with van der Waals surface area (Å²) in [6.45, 7) is 2.42. The largest absolute Gasteiger partial charge is 0.299 e. The lowest BCUT2D eigenvalue weighted by atomic mass is 10.2. The van der Waals surface area contributed by atoms with Crippen molar-refractivity contribution in [3.63, 3.8) is 0 Å². The third-order valence-electron chi connectivity index (χ3n) is 3.57. The standard InChI is InChI=1S/C15H18N4OS2/c20-14(17-15-18-16-11-22-15)9-19-7-6-12(8-19)10-21-13-4-2-1-3-5-13/h1-5,11-12H,6-10H2,(H,17,18,20)/t12-/m1/s1. The van der Waals surface area contributed by atoms with Crippen molar-refractivity contribution in [1.29, 1.82) is 0 Å². The Morgan fingerprint density at radius 3 is 3.05 bits per heavy atom. The molecule has 1 atom stereocenters. The number of thioether (sulfide) groups is 1. The van der Waals surface area contributed by atoms with Crippen molar-refractivity contribution in [2.75, 3.05) is 30.7 Å². The van der Waals surface area contributed by atoms with Crippen LogP contribution in [0.25, 0.3) is 0 Å². The molecule has 116 valence electrons. The van der Waals surface area contributed by atoms with Crippen LogP contribution in [-0.2, 0) is 4.79 Å². The molecule has 2 heterocycles. The van der Waals surface area contributed by atoms with Crippen molar-refractivity contribution in [2.24, 2.45) is 5.92 Å². The Morgan fingerprint density at radius 1 is 1.41 bits per heavy atom. The number of hydrogen-bond acceptors (Lipinski definition) is 6. The molecule has 1 saturated heterocycles. The van der Waals surface area contributed by atoms with Gasteiger partial charge in [-0.1, -0.05) is 29.5 Å². The molecule has 5 nitrogen and oxygen atoms in total. The summed E-state index contributed by atoms with van der Waals surface area (Å²) in [7, 11) is 0. The van der Waals surface area contributed by atoms with Crippen LogP contribution in [0, 0.1) is 5.92 Å². The van der Waals surface area contributed by atoms with E-state index in [1.807, 2.05) is 17.8 Å². The molecule has 1 aliphatic heterocycles. The topological polar surface area (TPSA) is 58.1 Å². The molecule has 2 aromatic rings. The number of aromatic nitrogens is 2. The van der Waals surface area contributed by atoms with E-state index in [0.717, 1.165) is 25.3 Å². The average Bonchev–Trinajstić information content (AvgIpc) is 3.18. The second-order valence-electron chi connectivity index (χ2n) is 5.31. The second kappa shape index (κ2) is 7.71. The molecule has 0 radical (unpaired) electrons. The van der Waals surface area contributed by atoms with Crippen LogP contribution < -0.4 is 5.32 Å². The number of carbonyl (C=O) groups is 1. The van der Waals surface area contributed by atoms with E-state index in [0.29, 0.717) is 17.6 Å². The lowest BCUT2D eigenvalue weighted by Crippen LogP contribution is -2.31. The number of amides is 1. The number of rotatable bonds is 6. The second-order valence-corrected chi connectivity index (χ2v) is 7.23. The fourth-order valence-corrected chi connectivity index (χ4v) is 4.02. The van der Waals surface area contributed by atoms with E-state index in [9.17, 15) is 4.79 Å². The van der Waals surface area contributed by atoms with Crippen LogP contribution in [0.3, 0.4) is 0 Å². The Kier molecular flexibility index (Phi) is 5.42. The highest BCUT2D eigenvalue weighted by atomic mass is 32.2. The van der Waals surface area contributed by atoms with Gasteiger partial charge in [-0.25, -0.2) is 0 Å². The maximum Gasteiger partial charge on any atom is 0.240 e. The van der Waals surface area contributed by atoms with Crippen LogP contribution in [0.1, 0.15) is 6.42 Å². The van der Waals surface area contributed by atoms with Gasteiger partial charge >= 0.3 is 0 Å². The molecular weight excluding hydrogens is 316 g/mol. The molecule has 1 N–H and O–H groups in total. The fourth-order valence-electron chi connectivity index (χ4n) is 2.51. The monoisotopic (exact) mass is 334 g/mol. The summed E-state index contributed by atoms with van der Waals surface area (Å²) < 4.78 is 0. The van der Waals surface area contributed by atoms with Gasteiger partial charge in [0.05, 0.1) is 6.54 Å². The van der Waals surface area contributed by atoms with Gasteiger partial charge in [-0.05, 0) is 31.0 Å². The molecule has 0 spiro atoms. The number of nitrogens with one attached hydrogen (secondary N) is 1. The highest BCUT2D eigenvalue weighted by Gasteiger charge is 2.24. The highest BCUT2D eigenvalue weighted by molar-refractivity contribution is 7.99. The van der Waals surface area contributed by atoms with Crippen molar-refractivity contribution in [1.82, 2.24) is 15.1 Å². The number of hydrogen-bond donors (Lipinski definition) is 1. The van der Waals surface area contributed by atoms with E-state index >= 15 is 0 Å². The first-order valence-electron chi connectivity index (χ1n) is 7.26. The van der Waals surface area contributed by atoms with E-state index in [4.69, 9.17) is 0 Å². The van der Waals surface area contributed by atoms with E-state index in [-0.39, 0.29) is 5.91 Å². The summed E-state index contributed by atoms with van der Waals surface area (Å²) in [4.78, 5) is 15.5. The Morgan fingerprint density at radius 2 is 2.27 bits per heavy atom. The Balaban J connectivity index is 1.39. The third kappa shape index (κ3) is 4.53. The van der Waals surface area contributed by atoms with Crippen LogP contribution in [0.15, 0.2) is 40.7 Å². The summed E-state index contributed by atoms with van der Waals surface area (Å²) >= 11 is 3.24. The van der Waals surface area contributed by atoms with E-state index in [1.54, 1.807) is 5.51 Å². The van der Waals surface area contributed by atoms with Crippen molar-refractivity contribution >= 4 is 34.1 Å². The number of carbonyl (C=O) groups excluding carboxylic acids is 1. The zero-order valence-electron chi connectivity index (χ0n) is 12.1. The summed E-state index contributed by atoms with van der Waals surface area (Å²) in [6.07, 6.45) is 1.16. The molecule has 1 aromatic heterocycles. The molecule has 1 aliphatic rings. The van der Waals surface area contributed by atoms with Gasteiger partial charge < -0.3 is 0 Å². The molecule has 3 rings (SSSR count). The first-order valence-corrected chi connectivity index (χ1v) is 9.12. The molecule has 22 heavy (non-hydrogen) atoms. The van der Waals surface area contributed by atoms with Gasteiger partial charge in [0, 0.05) is 17.2 Å². The molecule has 0 unspecified atom stereocenters. The highest BCUT2D eigenvalue weighted by Crippen LogP contribution is 2.25. The predicted molar refractivity (Wildman–Crippen MR) is 90.3 cm³/mol. The summed E-state index contributed by atoms with van der Waals surface area (Å²) in [5.74, 6) is 1.76. The Hall–Kier alpha value is -1.44. The summed E-state index contributed by atoms with van der Waals surface area (Å²) in [5.41, 5.74) is 1.61. The lowest BCUT2D eigenvalue weighted by Gasteiger charge is -2.15. The number of likely N-dealkylation sites (tertiary alicyclic amines) is 1. The van der Waals surface area contributed by atoms with Crippen LogP contribution in [0.5, 0.6) is 0 Å². The fraction of sp³-hybridized carbons (Fsp3) is 0.400. The average molecular weight is 334 g/mol. The van der Waals surface area contributed by atoms with Crippen molar-refractivity contribution in [2.45, 2.75) is 11.3 Å². The van der Waals surface area contributed by atoms with Gasteiger partial charge in [-0.15, -0.1) is 22.0 Å². The normalized spacial score (nSPS) is 18.5. The third-order valence-corrected chi connectivity index (χ3v) is 5.42. The number of anilines is 1. The van der Waals surface area contributed by atoms with Crippen LogP contribution in [0.2, 0.25) is 0 Å². The van der Waals surface area contributed by atoms with Gasteiger partial charge in [-0.3, -0.25) is 15.0 Å². The smallest absolute Gasteiger partial charge is 0.240 e. The number of nitrogens with zero attached hydrogens (tertiary/aromatic N) is 3. The van der Waals surface area contributed by atoms with E-state index in [1.165, 1.54) is 16.2 Å². The molecule has 1 aromatic carbocycles. The molecule has 7 heteroatoms. The van der Waals surface area contributed by atoms with Gasteiger partial charge in [-0.2, -0.15) is 0 Å². The Bertz CT molecular complexity index is 591. The first-order chi connectivity index (χ1) is 10.8. The molecule has 1 fully saturated rings. The quantitative estimate of drug-likeness (QED) is 0.823. The van der Waals surface area contributed by atoms with E-state index < -0.39 is 0 Å². The zero-order valence-corrected chi connectivity index (χ0v) is 13.8. The maximum atomic E-state index is 11.9. The molecular formula is C15H18N4OS2. The minimum Gasteiger partial charge on any atom is -0.299 e. The molecule has 1 amide bonds. The molecule has 0 bridgehead atoms. The van der Waals surface area contributed by atoms with Gasteiger partial charge in [0.15, 0.2) is 0 Å². The summed E-state index contributed by atoms with van der Waals surface area (Å²) in [6, 6.07) is 10.5. The predicted octanol–water partition coefficient (Wildman–Crippen LogP) is 2.59. The van der Waals surface area contributed by atoms with Crippen molar-refractivity contribution < 1.29 is 4.79 Å². The van der Waals surface area contributed by atoms with Crippen molar-refractivity contribution in [3.8, 4) is 0 Å². The minimum absolute atomic E-state index is 0.00638. The van der Waals surface area contributed by atoms with Crippen LogP contribution in [-0.4, -0.2) is 46.4 Å². The molecule has 0 aliphatic carbocycles. The van der Waals surface area contributed by atoms with Crippen LogP contribution >= 0.6 is 23.1 Å². The van der Waals surface area contributed by atoms with Crippen molar-refractivity contribution in [3.05, 3.63) is 35.8 Å². The SMILES string of the molecule is O=C(CN1CC[C@@H](CSc2ccccc2)C1)Nc1nncs1.